The maximum absolute atomic E-state index is 12.1. The number of phenols is 1. The monoisotopic (exact) mass is 324 g/mol. The molecule has 0 fully saturated rings. The molecule has 0 unspecified atom stereocenters. The summed E-state index contributed by atoms with van der Waals surface area (Å²) in [5, 5.41) is 18.1. The number of carbonyl (C=O) groups is 1. The van der Waals surface area contributed by atoms with Crippen LogP contribution in [0.2, 0.25) is 0 Å². The van der Waals surface area contributed by atoms with Crippen LogP contribution < -0.4 is 0 Å². The van der Waals surface area contributed by atoms with Crippen LogP contribution in [0.5, 0.6) is 5.75 Å². The molecule has 24 heavy (non-hydrogen) atoms. The fourth-order valence-corrected chi connectivity index (χ4v) is 2.23. The molecule has 1 aromatic carbocycles. The normalized spacial score (nSPS) is 11.2. The molecule has 0 saturated carbocycles. The first-order valence-corrected chi connectivity index (χ1v) is 7.45. The molecular formula is C17H16N4O3. The summed E-state index contributed by atoms with van der Waals surface area (Å²) in [5.74, 6) is -0.301. The van der Waals surface area contributed by atoms with E-state index < -0.39 is 5.97 Å². The second-order valence-electron chi connectivity index (χ2n) is 5.13. The van der Waals surface area contributed by atoms with E-state index in [-0.39, 0.29) is 23.9 Å². The molecule has 7 heteroatoms. The molecule has 122 valence electrons. The number of benzene rings is 1. The van der Waals surface area contributed by atoms with Crippen molar-refractivity contribution >= 4 is 23.1 Å². The lowest BCUT2D eigenvalue weighted by Gasteiger charge is -2.01. The van der Waals surface area contributed by atoms with Gasteiger partial charge in [-0.05, 0) is 43.7 Å². The molecule has 0 radical (unpaired) electrons. The number of hydrogen-bond donors (Lipinski definition) is 1. The van der Waals surface area contributed by atoms with Crippen molar-refractivity contribution < 1.29 is 14.6 Å². The number of pyridine rings is 1. The Balaban J connectivity index is 2.10. The molecule has 3 aromatic rings. The molecule has 0 bridgehead atoms. The van der Waals surface area contributed by atoms with Crippen LogP contribution in [0.1, 0.15) is 23.0 Å². The zero-order valence-electron chi connectivity index (χ0n) is 13.3. The Morgan fingerprint density at radius 3 is 2.92 bits per heavy atom. The lowest BCUT2D eigenvalue weighted by molar-refractivity contribution is 0.0521. The average molecular weight is 324 g/mol. The van der Waals surface area contributed by atoms with Crippen molar-refractivity contribution in [3.8, 4) is 5.75 Å². The van der Waals surface area contributed by atoms with Crippen molar-refractivity contribution in [2.75, 3.05) is 6.61 Å². The van der Waals surface area contributed by atoms with Gasteiger partial charge in [0, 0.05) is 6.20 Å². The van der Waals surface area contributed by atoms with Crippen LogP contribution in [0.3, 0.4) is 0 Å². The summed E-state index contributed by atoms with van der Waals surface area (Å²) < 4.78 is 6.67. The lowest BCUT2D eigenvalue weighted by Crippen LogP contribution is -2.05. The van der Waals surface area contributed by atoms with Crippen LogP contribution in [-0.4, -0.2) is 27.1 Å². The topological polar surface area (TPSA) is 88.5 Å². The number of fused-ring (bicyclic) bond motifs is 1. The number of rotatable bonds is 4. The molecule has 7 nitrogen and oxygen atoms in total. The molecule has 0 saturated heterocycles. The van der Waals surface area contributed by atoms with Crippen molar-refractivity contribution in [2.45, 2.75) is 13.8 Å². The number of hydrogen-bond acceptors (Lipinski definition) is 6. The second-order valence-corrected chi connectivity index (χ2v) is 5.13. The molecule has 0 aliphatic rings. The third-order valence-corrected chi connectivity index (χ3v) is 3.36. The highest BCUT2D eigenvalue weighted by molar-refractivity contribution is 5.93. The van der Waals surface area contributed by atoms with Gasteiger partial charge in [-0.2, -0.15) is 0 Å². The summed E-state index contributed by atoms with van der Waals surface area (Å²) >= 11 is 0. The predicted molar refractivity (Wildman–Crippen MR) is 88.2 cm³/mol. The number of aromatic hydroxyl groups is 1. The Labute approximate surface area is 138 Å². The maximum Gasteiger partial charge on any atom is 0.360 e. The van der Waals surface area contributed by atoms with E-state index in [1.54, 1.807) is 47.9 Å². The summed E-state index contributed by atoms with van der Waals surface area (Å²) in [4.78, 5) is 16.4. The molecule has 0 aliphatic carbocycles. The number of ether oxygens (including phenoxy) is 1. The van der Waals surface area contributed by atoms with Crippen molar-refractivity contribution in [1.82, 2.24) is 9.38 Å². The van der Waals surface area contributed by atoms with E-state index in [4.69, 9.17) is 4.74 Å². The Morgan fingerprint density at radius 2 is 2.12 bits per heavy atom. The van der Waals surface area contributed by atoms with Crippen LogP contribution in [-0.2, 0) is 4.74 Å². The van der Waals surface area contributed by atoms with Gasteiger partial charge >= 0.3 is 5.97 Å². The zero-order chi connectivity index (χ0) is 17.1. The fraction of sp³-hybridized carbons (Fsp3) is 0.176. The van der Waals surface area contributed by atoms with E-state index in [2.05, 4.69) is 15.2 Å². The van der Waals surface area contributed by atoms with Gasteiger partial charge in [0.2, 0.25) is 0 Å². The third kappa shape index (κ3) is 2.96. The van der Waals surface area contributed by atoms with E-state index in [0.29, 0.717) is 11.3 Å². The first-order valence-electron chi connectivity index (χ1n) is 7.45. The largest absolute Gasteiger partial charge is 0.506 e. The number of phenolic OH excluding ortho intramolecular Hbond substituents is 1. The van der Waals surface area contributed by atoms with E-state index >= 15 is 0 Å². The van der Waals surface area contributed by atoms with Crippen molar-refractivity contribution in [3.63, 3.8) is 0 Å². The van der Waals surface area contributed by atoms with Crippen LogP contribution in [0.4, 0.5) is 11.5 Å². The summed E-state index contributed by atoms with van der Waals surface area (Å²) in [6.07, 6.45) is 1.73. The van der Waals surface area contributed by atoms with E-state index in [1.807, 2.05) is 13.0 Å². The summed E-state index contributed by atoms with van der Waals surface area (Å²) in [7, 11) is 0. The SMILES string of the molecule is CCOC(=O)c1nc2ccccn2c1N=Nc1cc(C)ccc1O. The first kappa shape index (κ1) is 15.7. The number of imidazole rings is 1. The number of aromatic nitrogens is 2. The third-order valence-electron chi connectivity index (χ3n) is 3.36. The molecule has 2 aromatic heterocycles. The van der Waals surface area contributed by atoms with Crippen molar-refractivity contribution in [2.24, 2.45) is 10.2 Å². The van der Waals surface area contributed by atoms with Gasteiger partial charge in [0.05, 0.1) is 6.61 Å². The van der Waals surface area contributed by atoms with Crippen LogP contribution in [0, 0.1) is 6.92 Å². The van der Waals surface area contributed by atoms with Gasteiger partial charge in [-0.1, -0.05) is 12.1 Å². The molecular weight excluding hydrogens is 308 g/mol. The van der Waals surface area contributed by atoms with Crippen LogP contribution in [0.25, 0.3) is 5.65 Å². The van der Waals surface area contributed by atoms with Gasteiger partial charge < -0.3 is 9.84 Å². The highest BCUT2D eigenvalue weighted by atomic mass is 16.5. The fourth-order valence-electron chi connectivity index (χ4n) is 2.23. The molecule has 0 spiro atoms. The maximum atomic E-state index is 12.1. The Bertz CT molecular complexity index is 931. The second kappa shape index (κ2) is 6.49. The first-order chi connectivity index (χ1) is 11.6. The Kier molecular flexibility index (Phi) is 4.24. The van der Waals surface area contributed by atoms with Gasteiger partial charge in [0.15, 0.2) is 11.5 Å². The van der Waals surface area contributed by atoms with Crippen LogP contribution in [0.15, 0.2) is 52.8 Å². The smallest absolute Gasteiger partial charge is 0.360 e. The predicted octanol–water partition coefficient (Wildman–Crippen LogP) is 3.94. The van der Waals surface area contributed by atoms with Gasteiger partial charge in [0.1, 0.15) is 17.1 Å². The number of nitrogens with zero attached hydrogens (tertiary/aromatic N) is 4. The summed E-state index contributed by atoms with van der Waals surface area (Å²) in [5.41, 5.74) is 1.89. The lowest BCUT2D eigenvalue weighted by atomic mass is 10.2. The molecule has 2 heterocycles. The minimum atomic E-state index is -0.566. The van der Waals surface area contributed by atoms with E-state index in [0.717, 1.165) is 5.56 Å². The Hall–Kier alpha value is -3.22. The number of azo groups is 1. The van der Waals surface area contributed by atoms with E-state index in [9.17, 15) is 9.90 Å². The van der Waals surface area contributed by atoms with Gasteiger partial charge in [0.25, 0.3) is 0 Å². The Morgan fingerprint density at radius 1 is 1.29 bits per heavy atom. The van der Waals surface area contributed by atoms with Crippen LogP contribution >= 0.6 is 0 Å². The summed E-state index contributed by atoms with van der Waals surface area (Å²) in [6.45, 7) is 3.85. The van der Waals surface area contributed by atoms with Gasteiger partial charge in [-0.3, -0.25) is 4.40 Å². The van der Waals surface area contributed by atoms with Gasteiger partial charge in [-0.15, -0.1) is 10.2 Å². The minimum Gasteiger partial charge on any atom is -0.506 e. The number of esters is 1. The van der Waals surface area contributed by atoms with Crippen molar-refractivity contribution in [3.05, 3.63) is 53.9 Å². The highest BCUT2D eigenvalue weighted by Gasteiger charge is 2.20. The number of aryl methyl sites for hydroxylation is 1. The minimum absolute atomic E-state index is 0.0101. The molecule has 0 aliphatic heterocycles. The molecule has 3 rings (SSSR count). The quantitative estimate of drug-likeness (QED) is 0.581. The standard InChI is InChI=1S/C17H16N4O3/c1-3-24-17(23)15-16(21-9-5-4-6-14(21)18-15)20-19-12-10-11(2)7-8-13(12)22/h4-10,22H,3H2,1-2H3. The highest BCUT2D eigenvalue weighted by Crippen LogP contribution is 2.30. The molecule has 1 N–H and O–H groups in total. The van der Waals surface area contributed by atoms with Crippen molar-refractivity contribution in [1.29, 1.82) is 0 Å². The van der Waals surface area contributed by atoms with E-state index in [1.165, 1.54) is 0 Å². The number of carbonyl (C=O) groups excluding carboxylic acids is 1. The molecule has 0 atom stereocenters. The molecule has 0 amide bonds. The zero-order valence-corrected chi connectivity index (χ0v) is 13.3. The summed E-state index contributed by atoms with van der Waals surface area (Å²) in [6, 6.07) is 10.4. The average Bonchev–Trinajstić information content (AvgIpc) is 2.95. The van der Waals surface area contributed by atoms with Gasteiger partial charge in [-0.25, -0.2) is 9.78 Å².